The summed E-state index contributed by atoms with van der Waals surface area (Å²) in [4.78, 5) is 14.2. The summed E-state index contributed by atoms with van der Waals surface area (Å²) in [6.07, 6.45) is -0.481. The van der Waals surface area contributed by atoms with Crippen LogP contribution in [0.5, 0.6) is 0 Å². The van der Waals surface area contributed by atoms with Crippen LogP contribution in [0.1, 0.15) is 43.4 Å². The summed E-state index contributed by atoms with van der Waals surface area (Å²) >= 11 is 0. The third-order valence-corrected chi connectivity index (χ3v) is 4.81. The highest BCUT2D eigenvalue weighted by Gasteiger charge is 2.15. The average Bonchev–Trinajstić information content (AvgIpc) is 2.60. The first kappa shape index (κ1) is 19.2. The molecule has 0 fully saturated rings. The molecule has 0 saturated carbocycles. The van der Waals surface area contributed by atoms with E-state index < -0.39 is 6.10 Å². The minimum atomic E-state index is -0.481. The topological polar surface area (TPSA) is 53.7 Å². The SMILES string of the molecule is Cc1cc2oc(=O)cc(CN(CC(C)O)c3ccccc3)c2cc1C(C)C. The van der Waals surface area contributed by atoms with Crippen LogP contribution in [-0.2, 0) is 6.54 Å². The number of aryl methyl sites for hydroxylation is 1. The van der Waals surface area contributed by atoms with Crippen molar-refractivity contribution in [3.05, 3.63) is 75.6 Å². The molecule has 142 valence electrons. The smallest absolute Gasteiger partial charge is 0.336 e. The molecule has 0 aliphatic rings. The molecule has 2 aromatic carbocycles. The first-order valence-electron chi connectivity index (χ1n) is 9.40. The van der Waals surface area contributed by atoms with Gasteiger partial charge >= 0.3 is 5.63 Å². The molecule has 3 aromatic rings. The molecular formula is C23H27NO3. The molecule has 0 saturated heterocycles. The summed E-state index contributed by atoms with van der Waals surface area (Å²) in [6, 6.07) is 15.6. The minimum absolute atomic E-state index is 0.348. The van der Waals surface area contributed by atoms with Gasteiger partial charge < -0.3 is 14.4 Å². The van der Waals surface area contributed by atoms with Gasteiger partial charge in [-0.3, -0.25) is 0 Å². The Morgan fingerprint density at radius 2 is 1.78 bits per heavy atom. The lowest BCUT2D eigenvalue weighted by atomic mass is 9.94. The summed E-state index contributed by atoms with van der Waals surface area (Å²) in [6.45, 7) is 9.15. The molecule has 1 heterocycles. The molecule has 0 aliphatic carbocycles. The molecule has 0 aliphatic heterocycles. The van der Waals surface area contributed by atoms with Gasteiger partial charge in [-0.2, -0.15) is 0 Å². The first-order valence-corrected chi connectivity index (χ1v) is 9.40. The van der Waals surface area contributed by atoms with Crippen LogP contribution in [0, 0.1) is 6.92 Å². The van der Waals surface area contributed by atoms with E-state index in [-0.39, 0.29) is 5.63 Å². The van der Waals surface area contributed by atoms with Gasteiger partial charge in [-0.25, -0.2) is 4.79 Å². The van der Waals surface area contributed by atoms with E-state index in [2.05, 4.69) is 24.8 Å². The van der Waals surface area contributed by atoms with Crippen LogP contribution in [-0.4, -0.2) is 17.8 Å². The van der Waals surface area contributed by atoms with Crippen molar-refractivity contribution in [2.24, 2.45) is 0 Å². The van der Waals surface area contributed by atoms with E-state index in [1.54, 1.807) is 13.0 Å². The highest BCUT2D eigenvalue weighted by Crippen LogP contribution is 2.28. The Morgan fingerprint density at radius 1 is 1.07 bits per heavy atom. The van der Waals surface area contributed by atoms with Crippen molar-refractivity contribution in [1.82, 2.24) is 0 Å². The van der Waals surface area contributed by atoms with Gasteiger partial charge in [-0.1, -0.05) is 32.0 Å². The van der Waals surface area contributed by atoms with Crippen LogP contribution >= 0.6 is 0 Å². The number of hydrogen-bond acceptors (Lipinski definition) is 4. The summed E-state index contributed by atoms with van der Waals surface area (Å²) < 4.78 is 5.46. The lowest BCUT2D eigenvalue weighted by molar-refractivity contribution is 0.199. The van der Waals surface area contributed by atoms with Gasteiger partial charge in [0.2, 0.25) is 0 Å². The van der Waals surface area contributed by atoms with Crippen molar-refractivity contribution in [1.29, 1.82) is 0 Å². The number of hydrogen-bond donors (Lipinski definition) is 1. The van der Waals surface area contributed by atoms with Gasteiger partial charge in [0.05, 0.1) is 6.10 Å². The lowest BCUT2D eigenvalue weighted by Crippen LogP contribution is -2.30. The lowest BCUT2D eigenvalue weighted by Gasteiger charge is -2.27. The van der Waals surface area contributed by atoms with E-state index in [1.807, 2.05) is 43.3 Å². The van der Waals surface area contributed by atoms with E-state index in [4.69, 9.17) is 4.42 Å². The van der Waals surface area contributed by atoms with Gasteiger partial charge in [-0.05, 0) is 60.7 Å². The fourth-order valence-corrected chi connectivity index (χ4v) is 3.57. The molecule has 1 N–H and O–H groups in total. The van der Waals surface area contributed by atoms with E-state index >= 15 is 0 Å². The van der Waals surface area contributed by atoms with E-state index in [1.165, 1.54) is 5.56 Å². The maximum Gasteiger partial charge on any atom is 0.336 e. The number of aliphatic hydroxyl groups excluding tert-OH is 1. The molecule has 0 radical (unpaired) electrons. The Balaban J connectivity index is 2.11. The predicted octanol–water partition coefficient (Wildman–Crippen LogP) is 4.61. The number of anilines is 1. The number of benzene rings is 2. The Hall–Kier alpha value is -2.59. The highest BCUT2D eigenvalue weighted by atomic mass is 16.4. The second-order valence-electron chi connectivity index (χ2n) is 7.52. The van der Waals surface area contributed by atoms with Crippen molar-refractivity contribution in [3.63, 3.8) is 0 Å². The summed E-state index contributed by atoms with van der Waals surface area (Å²) in [7, 11) is 0. The zero-order valence-corrected chi connectivity index (χ0v) is 16.4. The summed E-state index contributed by atoms with van der Waals surface area (Å²) in [5, 5.41) is 10.9. The quantitative estimate of drug-likeness (QED) is 0.648. The summed E-state index contributed by atoms with van der Waals surface area (Å²) in [5.41, 5.74) is 4.56. The molecule has 1 atom stereocenters. The van der Waals surface area contributed by atoms with Crippen LogP contribution < -0.4 is 10.5 Å². The van der Waals surface area contributed by atoms with Crippen molar-refractivity contribution in [3.8, 4) is 0 Å². The van der Waals surface area contributed by atoms with Crippen molar-refractivity contribution in [2.45, 2.75) is 46.3 Å². The van der Waals surface area contributed by atoms with Crippen LogP contribution in [0.15, 0.2) is 57.7 Å². The molecule has 4 heteroatoms. The van der Waals surface area contributed by atoms with Crippen molar-refractivity contribution in [2.75, 3.05) is 11.4 Å². The van der Waals surface area contributed by atoms with Gasteiger partial charge in [-0.15, -0.1) is 0 Å². The molecule has 0 bridgehead atoms. The van der Waals surface area contributed by atoms with E-state index in [9.17, 15) is 9.90 Å². The van der Waals surface area contributed by atoms with E-state index in [0.29, 0.717) is 24.6 Å². The van der Waals surface area contributed by atoms with Crippen LogP contribution in [0.25, 0.3) is 11.0 Å². The predicted molar refractivity (Wildman–Crippen MR) is 110 cm³/mol. The number of nitrogens with zero attached hydrogens (tertiary/aromatic N) is 1. The number of rotatable bonds is 6. The zero-order valence-electron chi connectivity index (χ0n) is 16.4. The third-order valence-electron chi connectivity index (χ3n) is 4.81. The molecule has 1 aromatic heterocycles. The van der Waals surface area contributed by atoms with E-state index in [0.717, 1.165) is 22.2 Å². The van der Waals surface area contributed by atoms with Crippen molar-refractivity contribution >= 4 is 16.7 Å². The number of fused-ring (bicyclic) bond motifs is 1. The monoisotopic (exact) mass is 365 g/mol. The van der Waals surface area contributed by atoms with Crippen LogP contribution in [0.2, 0.25) is 0 Å². The Morgan fingerprint density at radius 3 is 2.41 bits per heavy atom. The zero-order chi connectivity index (χ0) is 19.6. The van der Waals surface area contributed by atoms with Gasteiger partial charge in [0.15, 0.2) is 0 Å². The fraction of sp³-hybridized carbons (Fsp3) is 0.348. The maximum atomic E-state index is 12.1. The molecule has 4 nitrogen and oxygen atoms in total. The standard InChI is InChI=1S/C23H27NO3/c1-15(2)20-12-21-18(11-23(26)27-22(21)10-16(20)3)14-24(13-17(4)25)19-8-6-5-7-9-19/h5-12,15,17,25H,13-14H2,1-4H3. The first-order chi connectivity index (χ1) is 12.8. The second-order valence-corrected chi connectivity index (χ2v) is 7.52. The van der Waals surface area contributed by atoms with Gasteiger partial charge in [0.25, 0.3) is 0 Å². The van der Waals surface area contributed by atoms with Gasteiger partial charge in [0.1, 0.15) is 5.58 Å². The second kappa shape index (κ2) is 7.97. The minimum Gasteiger partial charge on any atom is -0.423 e. The number of aliphatic hydroxyl groups is 1. The molecule has 27 heavy (non-hydrogen) atoms. The molecule has 0 spiro atoms. The molecule has 3 rings (SSSR count). The van der Waals surface area contributed by atoms with Crippen molar-refractivity contribution < 1.29 is 9.52 Å². The maximum absolute atomic E-state index is 12.1. The largest absolute Gasteiger partial charge is 0.423 e. The number of para-hydroxylation sites is 1. The normalized spacial score (nSPS) is 12.5. The molecular weight excluding hydrogens is 338 g/mol. The molecule has 0 amide bonds. The third kappa shape index (κ3) is 4.40. The van der Waals surface area contributed by atoms with Crippen LogP contribution in [0.3, 0.4) is 0 Å². The molecule has 1 unspecified atom stereocenters. The average molecular weight is 365 g/mol. The summed E-state index contributed by atoms with van der Waals surface area (Å²) in [5.74, 6) is 0.386. The Bertz CT molecular complexity index is 974. The van der Waals surface area contributed by atoms with Gasteiger partial charge in [0, 0.05) is 30.2 Å². The fourth-order valence-electron chi connectivity index (χ4n) is 3.57. The van der Waals surface area contributed by atoms with Crippen LogP contribution in [0.4, 0.5) is 5.69 Å². The highest BCUT2D eigenvalue weighted by molar-refractivity contribution is 5.82. The Labute approximate surface area is 160 Å². The Kier molecular flexibility index (Phi) is 5.66.